The van der Waals surface area contributed by atoms with Gasteiger partial charge in [-0.1, -0.05) is 6.92 Å². The molecule has 3 nitrogen and oxygen atoms in total. The van der Waals surface area contributed by atoms with E-state index in [4.69, 9.17) is 5.73 Å². The minimum absolute atomic E-state index is 0.0127. The van der Waals surface area contributed by atoms with Crippen LogP contribution in [0.1, 0.15) is 47.0 Å². The van der Waals surface area contributed by atoms with E-state index in [1.165, 1.54) is 23.3 Å². The van der Waals surface area contributed by atoms with Crippen molar-refractivity contribution >= 4 is 22.2 Å². The largest absolute Gasteiger partial charge is 0.390 e. The molecule has 1 heterocycles. The van der Waals surface area contributed by atoms with E-state index in [9.17, 15) is 4.79 Å². The summed E-state index contributed by atoms with van der Waals surface area (Å²) in [7, 11) is 0. The van der Waals surface area contributed by atoms with Gasteiger partial charge in [-0.2, -0.15) is 0 Å². The Bertz CT molecular complexity index is 398. The van der Waals surface area contributed by atoms with Crippen molar-refractivity contribution in [2.75, 3.05) is 12.3 Å². The standard InChI is InChI=1S/C12H18N2OS/c1-2-7-14-12(15)10-8-5-3-4-6-9(8)16-11(10)13/h2-7,13H2,1H3,(H,14,15). The Morgan fingerprint density at radius 3 is 2.94 bits per heavy atom. The first-order valence-electron chi connectivity index (χ1n) is 5.92. The zero-order valence-electron chi connectivity index (χ0n) is 9.64. The van der Waals surface area contributed by atoms with Gasteiger partial charge in [-0.3, -0.25) is 4.79 Å². The molecule has 0 aliphatic heterocycles. The molecule has 0 saturated heterocycles. The van der Waals surface area contributed by atoms with Crippen molar-refractivity contribution in [3.8, 4) is 0 Å². The van der Waals surface area contributed by atoms with Gasteiger partial charge in [0, 0.05) is 11.4 Å². The number of nitrogens with one attached hydrogen (secondary N) is 1. The molecule has 0 unspecified atom stereocenters. The van der Waals surface area contributed by atoms with E-state index in [1.54, 1.807) is 11.3 Å². The lowest BCUT2D eigenvalue weighted by atomic mass is 9.95. The van der Waals surface area contributed by atoms with Crippen molar-refractivity contribution in [3.63, 3.8) is 0 Å². The first-order valence-corrected chi connectivity index (χ1v) is 6.74. The number of carbonyl (C=O) groups is 1. The topological polar surface area (TPSA) is 55.1 Å². The molecule has 3 N–H and O–H groups in total. The molecular formula is C12H18N2OS. The molecule has 0 aromatic carbocycles. The lowest BCUT2D eigenvalue weighted by molar-refractivity contribution is 0.0954. The molecule has 0 saturated carbocycles. The summed E-state index contributed by atoms with van der Waals surface area (Å²) in [5.41, 5.74) is 7.92. The monoisotopic (exact) mass is 238 g/mol. The number of fused-ring (bicyclic) bond motifs is 1. The lowest BCUT2D eigenvalue weighted by Gasteiger charge is -2.12. The Hall–Kier alpha value is -1.03. The first-order chi connectivity index (χ1) is 7.74. The third-order valence-electron chi connectivity index (χ3n) is 2.96. The summed E-state index contributed by atoms with van der Waals surface area (Å²) in [5, 5.41) is 3.61. The highest BCUT2D eigenvalue weighted by Crippen LogP contribution is 2.36. The van der Waals surface area contributed by atoms with Crippen LogP contribution in [0, 0.1) is 0 Å². The van der Waals surface area contributed by atoms with Gasteiger partial charge in [-0.05, 0) is 37.7 Å². The number of aryl methyl sites for hydroxylation is 1. The second kappa shape index (κ2) is 4.87. The third-order valence-corrected chi connectivity index (χ3v) is 4.08. The van der Waals surface area contributed by atoms with E-state index >= 15 is 0 Å². The molecule has 1 amide bonds. The van der Waals surface area contributed by atoms with Gasteiger partial charge in [0.25, 0.3) is 5.91 Å². The average molecular weight is 238 g/mol. The van der Waals surface area contributed by atoms with Gasteiger partial charge in [-0.15, -0.1) is 11.3 Å². The van der Waals surface area contributed by atoms with Crippen molar-refractivity contribution in [1.29, 1.82) is 0 Å². The molecule has 0 radical (unpaired) electrons. The molecule has 4 heteroatoms. The maximum absolute atomic E-state index is 12.0. The fourth-order valence-corrected chi connectivity index (χ4v) is 3.32. The van der Waals surface area contributed by atoms with E-state index in [0.29, 0.717) is 5.00 Å². The van der Waals surface area contributed by atoms with Crippen LogP contribution in [0.2, 0.25) is 0 Å². The third kappa shape index (κ3) is 2.07. The molecule has 88 valence electrons. The van der Waals surface area contributed by atoms with Crippen LogP contribution in [0.5, 0.6) is 0 Å². The predicted octanol–water partition coefficient (Wildman–Crippen LogP) is 2.35. The Kier molecular flexibility index (Phi) is 3.49. The highest BCUT2D eigenvalue weighted by molar-refractivity contribution is 7.16. The molecule has 0 bridgehead atoms. The number of rotatable bonds is 3. The quantitative estimate of drug-likeness (QED) is 0.849. The molecule has 1 aliphatic carbocycles. The number of hydrogen-bond donors (Lipinski definition) is 2. The zero-order chi connectivity index (χ0) is 11.5. The van der Waals surface area contributed by atoms with Crippen molar-refractivity contribution in [2.24, 2.45) is 0 Å². The molecule has 1 aromatic heterocycles. The van der Waals surface area contributed by atoms with Gasteiger partial charge in [-0.25, -0.2) is 0 Å². The molecule has 2 rings (SSSR count). The summed E-state index contributed by atoms with van der Waals surface area (Å²) < 4.78 is 0. The molecule has 1 aliphatic rings. The molecule has 0 fully saturated rings. The van der Waals surface area contributed by atoms with Gasteiger partial charge >= 0.3 is 0 Å². The van der Waals surface area contributed by atoms with Gasteiger partial charge < -0.3 is 11.1 Å². The normalized spacial score (nSPS) is 14.6. The van der Waals surface area contributed by atoms with Crippen molar-refractivity contribution < 1.29 is 4.79 Å². The van der Waals surface area contributed by atoms with Crippen LogP contribution in [0.4, 0.5) is 5.00 Å². The van der Waals surface area contributed by atoms with Crippen molar-refractivity contribution in [2.45, 2.75) is 39.0 Å². The molecule has 0 spiro atoms. The van der Waals surface area contributed by atoms with Crippen LogP contribution in [0.25, 0.3) is 0 Å². The number of hydrogen-bond acceptors (Lipinski definition) is 3. The minimum atomic E-state index is 0.0127. The smallest absolute Gasteiger partial charge is 0.254 e. The number of nitrogens with two attached hydrogens (primary N) is 1. The number of anilines is 1. The first kappa shape index (κ1) is 11.5. The lowest BCUT2D eigenvalue weighted by Crippen LogP contribution is -2.25. The van der Waals surface area contributed by atoms with E-state index < -0.39 is 0 Å². The highest BCUT2D eigenvalue weighted by Gasteiger charge is 2.23. The van der Waals surface area contributed by atoms with E-state index in [1.807, 2.05) is 6.92 Å². The SMILES string of the molecule is CCCNC(=O)c1c(N)sc2c1CCCC2. The second-order valence-electron chi connectivity index (χ2n) is 4.21. The van der Waals surface area contributed by atoms with Crippen LogP contribution in [-0.2, 0) is 12.8 Å². The summed E-state index contributed by atoms with van der Waals surface area (Å²) in [4.78, 5) is 13.3. The van der Waals surface area contributed by atoms with Gasteiger partial charge in [0.1, 0.15) is 0 Å². The highest BCUT2D eigenvalue weighted by atomic mass is 32.1. The number of nitrogen functional groups attached to an aromatic ring is 1. The van der Waals surface area contributed by atoms with Gasteiger partial charge in [0.05, 0.1) is 10.6 Å². The Morgan fingerprint density at radius 1 is 1.44 bits per heavy atom. The van der Waals surface area contributed by atoms with Crippen LogP contribution < -0.4 is 11.1 Å². The van der Waals surface area contributed by atoms with E-state index in [0.717, 1.165) is 31.4 Å². The van der Waals surface area contributed by atoms with Gasteiger partial charge in [0.15, 0.2) is 0 Å². The van der Waals surface area contributed by atoms with Crippen LogP contribution in [-0.4, -0.2) is 12.5 Å². The predicted molar refractivity (Wildman–Crippen MR) is 68.0 cm³/mol. The second-order valence-corrected chi connectivity index (χ2v) is 5.34. The Balaban J connectivity index is 2.25. The minimum Gasteiger partial charge on any atom is -0.390 e. The van der Waals surface area contributed by atoms with E-state index in [-0.39, 0.29) is 5.91 Å². The Morgan fingerprint density at radius 2 is 2.19 bits per heavy atom. The van der Waals surface area contributed by atoms with Crippen molar-refractivity contribution in [3.05, 3.63) is 16.0 Å². The summed E-state index contributed by atoms with van der Waals surface area (Å²) >= 11 is 1.60. The van der Waals surface area contributed by atoms with Crippen LogP contribution in [0.3, 0.4) is 0 Å². The summed E-state index contributed by atoms with van der Waals surface area (Å²) in [6.45, 7) is 2.77. The maximum Gasteiger partial charge on any atom is 0.254 e. The Labute approximate surface area is 100 Å². The summed E-state index contributed by atoms with van der Waals surface area (Å²) in [5.74, 6) is 0.0127. The zero-order valence-corrected chi connectivity index (χ0v) is 10.5. The summed E-state index contributed by atoms with van der Waals surface area (Å²) in [6, 6.07) is 0. The fourth-order valence-electron chi connectivity index (χ4n) is 2.16. The average Bonchev–Trinajstić information content (AvgIpc) is 2.62. The molecule has 16 heavy (non-hydrogen) atoms. The molecular weight excluding hydrogens is 220 g/mol. The van der Waals surface area contributed by atoms with Crippen molar-refractivity contribution in [1.82, 2.24) is 5.32 Å². The number of amides is 1. The van der Waals surface area contributed by atoms with E-state index in [2.05, 4.69) is 5.32 Å². The number of carbonyl (C=O) groups excluding carboxylic acids is 1. The molecule has 1 aromatic rings. The fraction of sp³-hybridized carbons (Fsp3) is 0.583. The van der Waals surface area contributed by atoms with Gasteiger partial charge in [0.2, 0.25) is 0 Å². The summed E-state index contributed by atoms with van der Waals surface area (Å²) in [6.07, 6.45) is 5.46. The maximum atomic E-state index is 12.0. The number of thiophene rings is 1. The van der Waals surface area contributed by atoms with Crippen LogP contribution in [0.15, 0.2) is 0 Å². The van der Waals surface area contributed by atoms with Crippen LogP contribution >= 0.6 is 11.3 Å². The molecule has 0 atom stereocenters.